The molecule has 0 aromatic rings. The largest absolute Gasteiger partial charge is 0.379 e. The third-order valence-electron chi connectivity index (χ3n) is 3.30. The molecule has 0 aromatic carbocycles. The molecule has 0 spiro atoms. The molecule has 0 saturated carbocycles. The van der Waals surface area contributed by atoms with Gasteiger partial charge in [0.15, 0.2) is 0 Å². The van der Waals surface area contributed by atoms with Gasteiger partial charge in [-0.2, -0.15) is 0 Å². The number of hydrogen-bond acceptors (Lipinski definition) is 4. The fourth-order valence-electron chi connectivity index (χ4n) is 1.80. The molecule has 0 saturated heterocycles. The van der Waals surface area contributed by atoms with Crippen molar-refractivity contribution in [2.24, 2.45) is 10.8 Å². The topological polar surface area (TPSA) is 48.0 Å². The SMILES string of the molecule is CN(CCOCCOCCOCCC(C)(C)C)C(=O)C(C)(C)C. The van der Waals surface area contributed by atoms with Crippen molar-refractivity contribution in [2.45, 2.75) is 48.0 Å². The van der Waals surface area contributed by atoms with Crippen molar-refractivity contribution in [2.75, 3.05) is 53.2 Å². The number of carbonyl (C=O) groups excluding carboxylic acids is 1. The van der Waals surface area contributed by atoms with Crippen molar-refractivity contribution < 1.29 is 19.0 Å². The maximum atomic E-state index is 11.9. The van der Waals surface area contributed by atoms with E-state index in [1.54, 1.807) is 4.90 Å². The lowest BCUT2D eigenvalue weighted by Crippen LogP contribution is -2.38. The molecule has 0 aliphatic heterocycles. The molecule has 23 heavy (non-hydrogen) atoms. The zero-order valence-corrected chi connectivity index (χ0v) is 16.2. The van der Waals surface area contributed by atoms with Gasteiger partial charge < -0.3 is 19.1 Å². The quantitative estimate of drug-likeness (QED) is 0.546. The molecule has 0 unspecified atom stereocenters. The van der Waals surface area contributed by atoms with Gasteiger partial charge in [0.05, 0.1) is 33.0 Å². The Hall–Kier alpha value is -0.650. The van der Waals surface area contributed by atoms with E-state index in [1.165, 1.54) is 0 Å². The zero-order valence-electron chi connectivity index (χ0n) is 16.2. The van der Waals surface area contributed by atoms with Gasteiger partial charge in [-0.15, -0.1) is 0 Å². The molecule has 1 amide bonds. The molecule has 5 nitrogen and oxygen atoms in total. The lowest BCUT2D eigenvalue weighted by Gasteiger charge is -2.25. The normalized spacial score (nSPS) is 12.5. The van der Waals surface area contributed by atoms with Crippen LogP contribution in [0.4, 0.5) is 0 Å². The first-order chi connectivity index (χ1) is 10.5. The van der Waals surface area contributed by atoms with Crippen molar-refractivity contribution in [3.63, 3.8) is 0 Å². The van der Waals surface area contributed by atoms with Crippen molar-refractivity contribution >= 4 is 5.91 Å². The van der Waals surface area contributed by atoms with Gasteiger partial charge >= 0.3 is 0 Å². The van der Waals surface area contributed by atoms with E-state index in [-0.39, 0.29) is 11.3 Å². The van der Waals surface area contributed by atoms with E-state index in [1.807, 2.05) is 27.8 Å². The summed E-state index contributed by atoms with van der Waals surface area (Å²) in [5.41, 5.74) is -0.0267. The molecule has 138 valence electrons. The van der Waals surface area contributed by atoms with Gasteiger partial charge in [-0.25, -0.2) is 0 Å². The monoisotopic (exact) mass is 331 g/mol. The van der Waals surface area contributed by atoms with Gasteiger partial charge in [-0.05, 0) is 11.8 Å². The second kappa shape index (κ2) is 11.0. The smallest absolute Gasteiger partial charge is 0.227 e. The summed E-state index contributed by atoms with van der Waals surface area (Å²) < 4.78 is 16.4. The molecule has 0 N–H and O–H groups in total. The third kappa shape index (κ3) is 13.5. The van der Waals surface area contributed by atoms with Crippen LogP contribution in [-0.2, 0) is 19.0 Å². The number of rotatable bonds is 11. The van der Waals surface area contributed by atoms with Crippen LogP contribution in [0.5, 0.6) is 0 Å². The Morgan fingerprint density at radius 3 is 1.65 bits per heavy atom. The molecular weight excluding hydrogens is 294 g/mol. The Morgan fingerprint density at radius 2 is 1.22 bits per heavy atom. The lowest BCUT2D eigenvalue weighted by atomic mass is 9.93. The average molecular weight is 331 g/mol. The second-order valence-corrected chi connectivity index (χ2v) is 8.12. The molecule has 5 heteroatoms. The standard InChI is InChI=1S/C18H37NO4/c1-17(2,3)8-10-21-12-14-23-15-13-22-11-9-19(7)16(20)18(4,5)6/h8-15H2,1-7H3. The Morgan fingerprint density at radius 1 is 0.783 bits per heavy atom. The van der Waals surface area contributed by atoms with Crippen LogP contribution in [0, 0.1) is 10.8 Å². The van der Waals surface area contributed by atoms with E-state index in [4.69, 9.17) is 14.2 Å². The summed E-state index contributed by atoms with van der Waals surface area (Å²) in [4.78, 5) is 13.7. The highest BCUT2D eigenvalue weighted by Gasteiger charge is 2.24. The maximum Gasteiger partial charge on any atom is 0.227 e. The zero-order chi connectivity index (χ0) is 17.9. The number of amides is 1. The minimum atomic E-state index is -0.342. The minimum Gasteiger partial charge on any atom is -0.379 e. The molecule has 0 rings (SSSR count). The third-order valence-corrected chi connectivity index (χ3v) is 3.30. The molecule has 0 fully saturated rings. The molecule has 0 aliphatic carbocycles. The molecule has 0 bridgehead atoms. The summed E-state index contributed by atoms with van der Waals surface area (Å²) in [6.07, 6.45) is 1.05. The number of carbonyl (C=O) groups is 1. The van der Waals surface area contributed by atoms with Crippen LogP contribution in [0.25, 0.3) is 0 Å². The highest BCUT2D eigenvalue weighted by molar-refractivity contribution is 5.81. The molecule has 0 aromatic heterocycles. The Labute approximate surface area is 142 Å². The van der Waals surface area contributed by atoms with E-state index in [0.29, 0.717) is 45.0 Å². The van der Waals surface area contributed by atoms with E-state index < -0.39 is 0 Å². The van der Waals surface area contributed by atoms with Gasteiger partial charge in [0, 0.05) is 25.6 Å². The predicted molar refractivity (Wildman–Crippen MR) is 93.6 cm³/mol. The molecular formula is C18H37NO4. The van der Waals surface area contributed by atoms with E-state index in [9.17, 15) is 4.79 Å². The van der Waals surface area contributed by atoms with Gasteiger partial charge in [0.25, 0.3) is 0 Å². The van der Waals surface area contributed by atoms with Crippen molar-refractivity contribution in [1.82, 2.24) is 4.90 Å². The first kappa shape index (κ1) is 22.4. The summed E-state index contributed by atoms with van der Waals surface area (Å²) in [6, 6.07) is 0. The summed E-state index contributed by atoms with van der Waals surface area (Å²) in [6.45, 7) is 16.6. The second-order valence-electron chi connectivity index (χ2n) is 8.12. The van der Waals surface area contributed by atoms with Gasteiger partial charge in [-0.1, -0.05) is 41.5 Å². The lowest BCUT2D eigenvalue weighted by molar-refractivity contribution is -0.138. The van der Waals surface area contributed by atoms with Crippen molar-refractivity contribution in [3.05, 3.63) is 0 Å². The average Bonchev–Trinajstić information content (AvgIpc) is 2.41. The van der Waals surface area contributed by atoms with Crippen molar-refractivity contribution in [3.8, 4) is 0 Å². The van der Waals surface area contributed by atoms with Gasteiger partial charge in [-0.3, -0.25) is 4.79 Å². The van der Waals surface area contributed by atoms with Crippen molar-refractivity contribution in [1.29, 1.82) is 0 Å². The number of nitrogens with zero attached hydrogens (tertiary/aromatic N) is 1. The van der Waals surface area contributed by atoms with Crippen LogP contribution in [-0.4, -0.2) is 64.0 Å². The number of hydrogen-bond donors (Lipinski definition) is 0. The Kier molecular flexibility index (Phi) is 10.7. The Bertz CT molecular complexity index is 318. The number of likely N-dealkylation sites (N-methyl/N-ethyl adjacent to an activating group) is 1. The first-order valence-electron chi connectivity index (χ1n) is 8.53. The van der Waals surface area contributed by atoms with E-state index >= 15 is 0 Å². The minimum absolute atomic E-state index is 0.129. The molecule has 0 radical (unpaired) electrons. The number of ether oxygens (including phenoxy) is 3. The van der Waals surface area contributed by atoms with Crippen LogP contribution >= 0.6 is 0 Å². The van der Waals surface area contributed by atoms with Gasteiger partial charge in [0.2, 0.25) is 5.91 Å². The fourth-order valence-corrected chi connectivity index (χ4v) is 1.80. The molecule has 0 heterocycles. The van der Waals surface area contributed by atoms with Crippen LogP contribution in [0.2, 0.25) is 0 Å². The highest BCUT2D eigenvalue weighted by Crippen LogP contribution is 2.17. The van der Waals surface area contributed by atoms with Crippen LogP contribution < -0.4 is 0 Å². The van der Waals surface area contributed by atoms with Crippen LogP contribution in [0.3, 0.4) is 0 Å². The van der Waals surface area contributed by atoms with Crippen LogP contribution in [0.1, 0.15) is 48.0 Å². The fraction of sp³-hybridized carbons (Fsp3) is 0.944. The van der Waals surface area contributed by atoms with Crippen LogP contribution in [0.15, 0.2) is 0 Å². The van der Waals surface area contributed by atoms with E-state index in [0.717, 1.165) is 13.0 Å². The summed E-state index contributed by atoms with van der Waals surface area (Å²) in [7, 11) is 1.81. The summed E-state index contributed by atoms with van der Waals surface area (Å²) >= 11 is 0. The highest BCUT2D eigenvalue weighted by atomic mass is 16.5. The molecule has 0 aliphatic rings. The summed E-state index contributed by atoms with van der Waals surface area (Å²) in [5, 5.41) is 0. The predicted octanol–water partition coefficient (Wildman–Crippen LogP) is 2.98. The Balaban J connectivity index is 3.39. The van der Waals surface area contributed by atoms with E-state index in [2.05, 4.69) is 20.8 Å². The summed E-state index contributed by atoms with van der Waals surface area (Å²) in [5.74, 6) is 0.129. The van der Waals surface area contributed by atoms with Gasteiger partial charge in [0.1, 0.15) is 0 Å². The maximum absolute atomic E-state index is 11.9. The molecule has 0 atom stereocenters. The first-order valence-corrected chi connectivity index (χ1v) is 8.53.